The summed E-state index contributed by atoms with van der Waals surface area (Å²) in [4.78, 5) is 11.6. The Morgan fingerprint density at radius 3 is 2.62 bits per heavy atom. The molecule has 3 heteroatoms. The van der Waals surface area contributed by atoms with E-state index in [0.29, 0.717) is 18.8 Å². The first-order chi connectivity index (χ1) is 7.74. The lowest BCUT2D eigenvalue weighted by molar-refractivity contribution is 0.00226. The molecule has 1 rings (SSSR count). The number of carbonyl (C=O) groups excluding carboxylic acids is 1. The van der Waals surface area contributed by atoms with Crippen LogP contribution < -0.4 is 0 Å². The van der Waals surface area contributed by atoms with Crippen LogP contribution in [-0.4, -0.2) is 25.3 Å². The molecule has 1 aromatic rings. The van der Waals surface area contributed by atoms with Crippen molar-refractivity contribution >= 4 is 5.97 Å². The summed E-state index contributed by atoms with van der Waals surface area (Å²) < 4.78 is 10.5. The van der Waals surface area contributed by atoms with Gasteiger partial charge in [0.05, 0.1) is 12.2 Å². The van der Waals surface area contributed by atoms with Crippen molar-refractivity contribution in [1.82, 2.24) is 0 Å². The molecule has 0 saturated carbocycles. The van der Waals surface area contributed by atoms with Crippen molar-refractivity contribution in [3.8, 4) is 0 Å². The van der Waals surface area contributed by atoms with Gasteiger partial charge in [-0.15, -0.1) is 0 Å². The standard InChI is InChI=1S/C13H18O3/c1-3-9-15-10-11(2)16-13(14)12-7-5-4-6-8-12/h4-8,11H,3,9-10H2,1-2H3. The zero-order valence-corrected chi connectivity index (χ0v) is 9.81. The lowest BCUT2D eigenvalue weighted by Gasteiger charge is -2.13. The second-order valence-corrected chi connectivity index (χ2v) is 3.66. The van der Waals surface area contributed by atoms with E-state index in [1.54, 1.807) is 12.1 Å². The summed E-state index contributed by atoms with van der Waals surface area (Å²) in [5.74, 6) is -0.298. The van der Waals surface area contributed by atoms with Crippen molar-refractivity contribution in [3.63, 3.8) is 0 Å². The monoisotopic (exact) mass is 222 g/mol. The molecule has 0 N–H and O–H groups in total. The molecule has 1 unspecified atom stereocenters. The van der Waals surface area contributed by atoms with Crippen LogP contribution in [0.15, 0.2) is 30.3 Å². The van der Waals surface area contributed by atoms with Crippen molar-refractivity contribution in [1.29, 1.82) is 0 Å². The van der Waals surface area contributed by atoms with Gasteiger partial charge < -0.3 is 9.47 Å². The van der Waals surface area contributed by atoms with Gasteiger partial charge in [0.15, 0.2) is 0 Å². The molecule has 0 aliphatic carbocycles. The van der Waals surface area contributed by atoms with Gasteiger partial charge in [0.2, 0.25) is 0 Å². The third kappa shape index (κ3) is 4.45. The summed E-state index contributed by atoms with van der Waals surface area (Å²) in [6.07, 6.45) is 0.763. The van der Waals surface area contributed by atoms with E-state index in [9.17, 15) is 4.79 Å². The van der Waals surface area contributed by atoms with Crippen LogP contribution in [0.5, 0.6) is 0 Å². The molecule has 0 aliphatic rings. The van der Waals surface area contributed by atoms with Gasteiger partial charge in [-0.2, -0.15) is 0 Å². The zero-order chi connectivity index (χ0) is 11.8. The molecule has 0 amide bonds. The topological polar surface area (TPSA) is 35.5 Å². The zero-order valence-electron chi connectivity index (χ0n) is 9.81. The van der Waals surface area contributed by atoms with Crippen molar-refractivity contribution in [2.45, 2.75) is 26.4 Å². The van der Waals surface area contributed by atoms with Crippen molar-refractivity contribution < 1.29 is 14.3 Å². The number of rotatable bonds is 6. The van der Waals surface area contributed by atoms with Gasteiger partial charge in [0, 0.05) is 6.61 Å². The van der Waals surface area contributed by atoms with E-state index in [-0.39, 0.29) is 12.1 Å². The Kier molecular flexibility index (Phi) is 5.57. The Bertz CT molecular complexity index is 308. The van der Waals surface area contributed by atoms with E-state index < -0.39 is 0 Å². The highest BCUT2D eigenvalue weighted by atomic mass is 16.6. The summed E-state index contributed by atoms with van der Waals surface area (Å²) in [5.41, 5.74) is 0.574. The van der Waals surface area contributed by atoms with Crippen LogP contribution in [0.4, 0.5) is 0 Å². The smallest absolute Gasteiger partial charge is 0.338 e. The number of benzene rings is 1. The highest BCUT2D eigenvalue weighted by Crippen LogP contribution is 2.04. The maximum absolute atomic E-state index is 11.6. The molecule has 0 aromatic heterocycles. The average Bonchev–Trinajstić information content (AvgIpc) is 2.30. The van der Waals surface area contributed by atoms with Crippen molar-refractivity contribution in [2.75, 3.05) is 13.2 Å². The van der Waals surface area contributed by atoms with Crippen LogP contribution in [-0.2, 0) is 9.47 Å². The average molecular weight is 222 g/mol. The molecule has 0 bridgehead atoms. The van der Waals surface area contributed by atoms with Gasteiger partial charge in [-0.1, -0.05) is 25.1 Å². The van der Waals surface area contributed by atoms with Crippen LogP contribution in [0, 0.1) is 0 Å². The largest absolute Gasteiger partial charge is 0.457 e. The van der Waals surface area contributed by atoms with E-state index in [2.05, 4.69) is 0 Å². The van der Waals surface area contributed by atoms with E-state index in [1.807, 2.05) is 32.0 Å². The molecule has 1 aromatic carbocycles. The number of esters is 1. The quantitative estimate of drug-likeness (QED) is 0.548. The van der Waals surface area contributed by atoms with Crippen molar-refractivity contribution in [3.05, 3.63) is 35.9 Å². The van der Waals surface area contributed by atoms with E-state index in [4.69, 9.17) is 9.47 Å². The lowest BCUT2D eigenvalue weighted by atomic mass is 10.2. The molecule has 0 spiro atoms. The fourth-order valence-electron chi connectivity index (χ4n) is 1.25. The first-order valence-electron chi connectivity index (χ1n) is 5.57. The molecular formula is C13H18O3. The third-order valence-electron chi connectivity index (χ3n) is 2.02. The lowest BCUT2D eigenvalue weighted by Crippen LogP contribution is -2.20. The van der Waals surface area contributed by atoms with Gasteiger partial charge in [-0.05, 0) is 25.5 Å². The van der Waals surface area contributed by atoms with Crippen LogP contribution in [0.3, 0.4) is 0 Å². The van der Waals surface area contributed by atoms with Crippen LogP contribution in [0.2, 0.25) is 0 Å². The second-order valence-electron chi connectivity index (χ2n) is 3.66. The number of ether oxygens (including phenoxy) is 2. The third-order valence-corrected chi connectivity index (χ3v) is 2.02. The predicted octanol–water partition coefficient (Wildman–Crippen LogP) is 2.66. The van der Waals surface area contributed by atoms with Gasteiger partial charge in [0.25, 0.3) is 0 Å². The molecule has 0 fully saturated rings. The molecule has 0 aliphatic heterocycles. The molecule has 0 saturated heterocycles. The maximum Gasteiger partial charge on any atom is 0.338 e. The summed E-state index contributed by atoms with van der Waals surface area (Å²) in [5, 5.41) is 0. The fourth-order valence-corrected chi connectivity index (χ4v) is 1.25. The minimum absolute atomic E-state index is 0.209. The number of carbonyl (C=O) groups is 1. The van der Waals surface area contributed by atoms with Crippen molar-refractivity contribution in [2.24, 2.45) is 0 Å². The Labute approximate surface area is 96.4 Å². The Hall–Kier alpha value is -1.35. The Balaban J connectivity index is 2.34. The Morgan fingerprint density at radius 1 is 1.31 bits per heavy atom. The summed E-state index contributed by atoms with van der Waals surface area (Å²) >= 11 is 0. The SMILES string of the molecule is CCCOCC(C)OC(=O)c1ccccc1. The van der Waals surface area contributed by atoms with Gasteiger partial charge in [0.1, 0.15) is 6.10 Å². The number of hydrogen-bond acceptors (Lipinski definition) is 3. The molecule has 1 atom stereocenters. The highest BCUT2D eigenvalue weighted by molar-refractivity contribution is 5.89. The summed E-state index contributed by atoms with van der Waals surface area (Å²) in [6, 6.07) is 8.97. The van der Waals surface area contributed by atoms with Gasteiger partial charge in [-0.3, -0.25) is 0 Å². The summed E-state index contributed by atoms with van der Waals surface area (Å²) in [7, 11) is 0. The van der Waals surface area contributed by atoms with Gasteiger partial charge in [-0.25, -0.2) is 4.79 Å². The molecule has 0 heterocycles. The minimum atomic E-state index is -0.298. The van der Waals surface area contributed by atoms with Gasteiger partial charge >= 0.3 is 5.97 Å². The van der Waals surface area contributed by atoms with E-state index in [1.165, 1.54) is 0 Å². The minimum Gasteiger partial charge on any atom is -0.457 e. The molecule has 16 heavy (non-hydrogen) atoms. The first kappa shape index (κ1) is 12.7. The molecule has 3 nitrogen and oxygen atoms in total. The molecule has 88 valence electrons. The normalized spacial score (nSPS) is 12.1. The van der Waals surface area contributed by atoms with Crippen LogP contribution >= 0.6 is 0 Å². The summed E-state index contributed by atoms with van der Waals surface area (Å²) in [6.45, 7) is 5.02. The predicted molar refractivity (Wildman–Crippen MR) is 62.4 cm³/mol. The van der Waals surface area contributed by atoms with Crippen LogP contribution in [0.25, 0.3) is 0 Å². The maximum atomic E-state index is 11.6. The highest BCUT2D eigenvalue weighted by Gasteiger charge is 2.11. The first-order valence-corrected chi connectivity index (χ1v) is 5.57. The van der Waals surface area contributed by atoms with E-state index >= 15 is 0 Å². The van der Waals surface area contributed by atoms with E-state index in [0.717, 1.165) is 6.42 Å². The van der Waals surface area contributed by atoms with Crippen LogP contribution in [0.1, 0.15) is 30.6 Å². The Morgan fingerprint density at radius 2 is 2.00 bits per heavy atom. The fraction of sp³-hybridized carbons (Fsp3) is 0.462. The number of hydrogen-bond donors (Lipinski definition) is 0. The second kappa shape index (κ2) is 7.01. The molecular weight excluding hydrogens is 204 g/mol. The molecule has 0 radical (unpaired) electrons.